The average Bonchev–Trinajstić information content (AvgIpc) is 2.47. The maximum atomic E-state index is 13.6. The maximum absolute atomic E-state index is 13.6. The number of hydrogen-bond acceptors (Lipinski definition) is 2. The van der Waals surface area contributed by atoms with Crippen molar-refractivity contribution in [2.45, 2.75) is 12.5 Å². The predicted octanol–water partition coefficient (Wildman–Crippen LogP) is 3.13. The molecule has 0 radical (unpaired) electrons. The highest BCUT2D eigenvalue weighted by Crippen LogP contribution is 2.17. The number of carboxylic acid groups (broad SMARTS) is 1. The second-order valence-corrected chi connectivity index (χ2v) is 6.07. The Kier molecular flexibility index (Phi) is 5.81. The minimum atomic E-state index is -1.40. The van der Waals surface area contributed by atoms with Crippen LogP contribution in [0.25, 0.3) is 0 Å². The van der Waals surface area contributed by atoms with Crippen LogP contribution < -0.4 is 5.32 Å². The van der Waals surface area contributed by atoms with E-state index in [9.17, 15) is 27.9 Å². The number of halogens is 4. The third-order valence-electron chi connectivity index (χ3n) is 3.22. The van der Waals surface area contributed by atoms with Crippen molar-refractivity contribution in [1.82, 2.24) is 5.32 Å². The zero-order chi connectivity index (χ0) is 17.9. The Morgan fingerprint density at radius 1 is 1.12 bits per heavy atom. The second-order valence-electron chi connectivity index (χ2n) is 4.90. The fraction of sp³-hybridized carbons (Fsp3) is 0.125. The Morgan fingerprint density at radius 2 is 1.71 bits per heavy atom. The predicted molar refractivity (Wildman–Crippen MR) is 88.1 cm³/mol. The van der Waals surface area contributed by atoms with E-state index in [0.29, 0.717) is 17.7 Å². The van der Waals surface area contributed by atoms with Crippen LogP contribution in [0.4, 0.5) is 13.2 Å². The van der Waals surface area contributed by atoms with Gasteiger partial charge in [0.25, 0.3) is 5.91 Å². The first-order valence-electron chi connectivity index (χ1n) is 6.71. The van der Waals surface area contributed by atoms with Crippen LogP contribution in [0.3, 0.4) is 0 Å². The van der Waals surface area contributed by atoms with Crippen molar-refractivity contribution >= 4 is 34.5 Å². The minimum absolute atomic E-state index is 0.0649. The summed E-state index contributed by atoms with van der Waals surface area (Å²) in [4.78, 5) is 23.4. The molecule has 2 N–H and O–H groups in total. The smallest absolute Gasteiger partial charge is 0.326 e. The lowest BCUT2D eigenvalue weighted by Gasteiger charge is -2.16. The lowest BCUT2D eigenvalue weighted by Crippen LogP contribution is -2.43. The molecule has 0 bridgehead atoms. The largest absolute Gasteiger partial charge is 0.480 e. The van der Waals surface area contributed by atoms with Gasteiger partial charge < -0.3 is 10.4 Å². The monoisotopic (exact) mass is 449 g/mol. The van der Waals surface area contributed by atoms with E-state index in [0.717, 1.165) is 3.57 Å². The van der Waals surface area contributed by atoms with Crippen LogP contribution in [-0.2, 0) is 11.2 Å². The molecule has 0 fully saturated rings. The molecule has 2 aromatic rings. The van der Waals surface area contributed by atoms with Crippen molar-refractivity contribution in [3.8, 4) is 0 Å². The number of rotatable bonds is 5. The first-order chi connectivity index (χ1) is 11.3. The minimum Gasteiger partial charge on any atom is -0.480 e. The highest BCUT2D eigenvalue weighted by Gasteiger charge is 2.26. The van der Waals surface area contributed by atoms with E-state index >= 15 is 0 Å². The number of hydrogen-bond donors (Lipinski definition) is 2. The van der Waals surface area contributed by atoms with Crippen molar-refractivity contribution in [2.75, 3.05) is 0 Å². The van der Waals surface area contributed by atoms with Gasteiger partial charge in [-0.15, -0.1) is 0 Å². The maximum Gasteiger partial charge on any atom is 0.326 e. The van der Waals surface area contributed by atoms with E-state index in [-0.39, 0.29) is 6.42 Å². The molecule has 0 spiro atoms. The third kappa shape index (κ3) is 4.25. The van der Waals surface area contributed by atoms with E-state index in [4.69, 9.17) is 0 Å². The molecule has 0 aliphatic rings. The molecule has 4 nitrogen and oxygen atoms in total. The number of aliphatic carboxylic acids is 1. The first-order valence-corrected chi connectivity index (χ1v) is 7.79. The van der Waals surface area contributed by atoms with Gasteiger partial charge in [-0.2, -0.15) is 0 Å². The van der Waals surface area contributed by atoms with Crippen molar-refractivity contribution < 1.29 is 27.9 Å². The van der Waals surface area contributed by atoms with Crippen molar-refractivity contribution in [2.24, 2.45) is 0 Å². The second kappa shape index (κ2) is 7.65. The molecule has 2 aromatic carbocycles. The summed E-state index contributed by atoms with van der Waals surface area (Å²) in [7, 11) is 0. The zero-order valence-corrected chi connectivity index (χ0v) is 14.2. The Labute approximate surface area is 148 Å². The number of amides is 1. The molecule has 1 amide bonds. The van der Waals surface area contributed by atoms with Gasteiger partial charge in [-0.05, 0) is 34.2 Å². The number of carboxylic acids is 1. The molecule has 0 aliphatic heterocycles. The van der Waals surface area contributed by atoms with Crippen LogP contribution >= 0.6 is 22.6 Å². The Morgan fingerprint density at radius 3 is 2.25 bits per heavy atom. The van der Waals surface area contributed by atoms with Gasteiger partial charge in [0.1, 0.15) is 29.1 Å². The summed E-state index contributed by atoms with van der Waals surface area (Å²) in [5, 5.41) is 11.3. The first kappa shape index (κ1) is 18.2. The number of carbonyl (C=O) groups excluding carboxylic acids is 1. The van der Waals surface area contributed by atoms with Crippen LogP contribution in [0.5, 0.6) is 0 Å². The van der Waals surface area contributed by atoms with Crippen LogP contribution in [-0.4, -0.2) is 23.0 Å². The highest BCUT2D eigenvalue weighted by molar-refractivity contribution is 14.1. The van der Waals surface area contributed by atoms with E-state index < -0.39 is 40.9 Å². The van der Waals surface area contributed by atoms with Crippen LogP contribution in [0.2, 0.25) is 0 Å². The molecule has 0 aromatic heterocycles. The van der Waals surface area contributed by atoms with Crippen molar-refractivity contribution in [3.05, 3.63) is 68.5 Å². The Bertz CT molecular complexity index is 775. The molecular formula is C16H11F3INO3. The summed E-state index contributed by atoms with van der Waals surface area (Å²) in [6.07, 6.45) is -0.0649. The summed E-state index contributed by atoms with van der Waals surface area (Å²) in [6, 6.07) is 6.23. The number of benzene rings is 2. The van der Waals surface area contributed by atoms with Crippen LogP contribution in [0.15, 0.2) is 36.4 Å². The number of nitrogens with one attached hydrogen (secondary N) is 1. The fourth-order valence-electron chi connectivity index (χ4n) is 2.07. The SMILES string of the molecule is O=C(N[C@@H](Cc1ccccc1I)C(=O)O)c1c(F)cc(F)cc1F. The van der Waals surface area contributed by atoms with Gasteiger partial charge in [0, 0.05) is 22.1 Å². The summed E-state index contributed by atoms with van der Waals surface area (Å²) >= 11 is 2.01. The summed E-state index contributed by atoms with van der Waals surface area (Å²) in [6.45, 7) is 0. The topological polar surface area (TPSA) is 66.4 Å². The van der Waals surface area contributed by atoms with Gasteiger partial charge in [-0.3, -0.25) is 4.79 Å². The molecule has 2 rings (SSSR count). The van der Waals surface area contributed by atoms with E-state index in [1.165, 1.54) is 0 Å². The lowest BCUT2D eigenvalue weighted by atomic mass is 10.1. The lowest BCUT2D eigenvalue weighted by molar-refractivity contribution is -0.139. The molecule has 0 unspecified atom stereocenters. The molecule has 0 saturated carbocycles. The molecule has 0 heterocycles. The molecular weight excluding hydrogens is 438 g/mol. The summed E-state index contributed by atoms with van der Waals surface area (Å²) in [5.74, 6) is -6.59. The molecule has 0 aliphatic carbocycles. The van der Waals surface area contributed by atoms with Gasteiger partial charge in [0.05, 0.1) is 0 Å². The van der Waals surface area contributed by atoms with E-state index in [1.807, 2.05) is 22.6 Å². The standard InChI is InChI=1S/C16H11F3INO3/c17-9-6-10(18)14(11(19)7-9)15(22)21-13(16(23)24)5-8-3-1-2-4-12(8)20/h1-4,6-7,13H,5H2,(H,21,22)(H,23,24)/t13-/m0/s1. The zero-order valence-electron chi connectivity index (χ0n) is 12.0. The normalized spacial score (nSPS) is 11.8. The van der Waals surface area contributed by atoms with Gasteiger partial charge in [0.2, 0.25) is 0 Å². The van der Waals surface area contributed by atoms with Crippen LogP contribution in [0, 0.1) is 21.0 Å². The molecule has 8 heteroatoms. The molecule has 1 atom stereocenters. The van der Waals surface area contributed by atoms with Gasteiger partial charge in [-0.1, -0.05) is 18.2 Å². The van der Waals surface area contributed by atoms with Crippen molar-refractivity contribution in [1.29, 1.82) is 0 Å². The van der Waals surface area contributed by atoms with Crippen LogP contribution in [0.1, 0.15) is 15.9 Å². The third-order valence-corrected chi connectivity index (χ3v) is 4.27. The fourth-order valence-corrected chi connectivity index (χ4v) is 2.68. The molecule has 24 heavy (non-hydrogen) atoms. The Balaban J connectivity index is 2.24. The van der Waals surface area contributed by atoms with Crippen molar-refractivity contribution in [3.63, 3.8) is 0 Å². The molecule has 0 saturated heterocycles. The number of carbonyl (C=O) groups is 2. The van der Waals surface area contributed by atoms with E-state index in [1.54, 1.807) is 24.3 Å². The summed E-state index contributed by atoms with van der Waals surface area (Å²) in [5.41, 5.74) is -0.365. The molecule has 126 valence electrons. The summed E-state index contributed by atoms with van der Waals surface area (Å²) < 4.78 is 40.9. The average molecular weight is 449 g/mol. The van der Waals surface area contributed by atoms with Gasteiger partial charge >= 0.3 is 5.97 Å². The Hall–Kier alpha value is -2.10. The highest BCUT2D eigenvalue weighted by atomic mass is 127. The van der Waals surface area contributed by atoms with E-state index in [2.05, 4.69) is 5.32 Å². The van der Waals surface area contributed by atoms with Gasteiger partial charge in [0.15, 0.2) is 0 Å². The van der Waals surface area contributed by atoms with Gasteiger partial charge in [-0.25, -0.2) is 18.0 Å². The quantitative estimate of drug-likeness (QED) is 0.690.